The van der Waals surface area contributed by atoms with E-state index in [-0.39, 0.29) is 11.9 Å². The molecule has 0 aromatic carbocycles. The molecule has 4 rings (SSSR count). The van der Waals surface area contributed by atoms with Gasteiger partial charge in [0.1, 0.15) is 5.82 Å². The van der Waals surface area contributed by atoms with Crippen molar-refractivity contribution in [3.8, 4) is 0 Å². The van der Waals surface area contributed by atoms with Gasteiger partial charge in [-0.3, -0.25) is 14.9 Å². The molecule has 2 N–H and O–H groups in total. The van der Waals surface area contributed by atoms with Crippen LogP contribution in [0.15, 0.2) is 18.6 Å². The average Bonchev–Trinajstić information content (AvgIpc) is 3.19. The minimum absolute atomic E-state index is 0.0598. The molecule has 1 aliphatic heterocycles. The van der Waals surface area contributed by atoms with Crippen LogP contribution in [0.3, 0.4) is 0 Å². The second-order valence-corrected chi connectivity index (χ2v) is 6.21. The van der Waals surface area contributed by atoms with Crippen molar-refractivity contribution in [3.63, 3.8) is 0 Å². The van der Waals surface area contributed by atoms with Crippen LogP contribution in [-0.4, -0.2) is 45.2 Å². The Hall–Kier alpha value is -2.44. The first-order chi connectivity index (χ1) is 11.3. The summed E-state index contributed by atoms with van der Waals surface area (Å²) in [6.45, 7) is 1.71. The number of carbonyl (C=O) groups excluding carboxylic acids is 1. The number of aryl methyl sites for hydroxylation is 1. The molecule has 1 atom stereocenters. The number of nitrogens with one attached hydrogen (secondary N) is 2. The number of hydrogen-bond acceptors (Lipinski definition) is 5. The third kappa shape index (κ3) is 2.78. The zero-order chi connectivity index (χ0) is 15.6. The highest BCUT2D eigenvalue weighted by Crippen LogP contribution is 2.23. The van der Waals surface area contributed by atoms with Gasteiger partial charge in [-0.1, -0.05) is 0 Å². The molecule has 1 unspecified atom stereocenters. The summed E-state index contributed by atoms with van der Waals surface area (Å²) in [5, 5.41) is 10.3. The molecule has 7 nitrogen and oxygen atoms in total. The van der Waals surface area contributed by atoms with E-state index in [0.29, 0.717) is 5.69 Å². The first-order valence-electron chi connectivity index (χ1n) is 8.19. The Balaban J connectivity index is 1.43. The molecule has 2 aromatic rings. The number of carbonyl (C=O) groups is 1. The monoisotopic (exact) mass is 312 g/mol. The predicted octanol–water partition coefficient (Wildman–Crippen LogP) is 1.09. The molecule has 3 heterocycles. The molecule has 0 radical (unpaired) electrons. The molecule has 0 bridgehead atoms. The zero-order valence-electron chi connectivity index (χ0n) is 13.0. The van der Waals surface area contributed by atoms with Crippen molar-refractivity contribution in [1.82, 2.24) is 25.5 Å². The van der Waals surface area contributed by atoms with Crippen LogP contribution in [0.25, 0.3) is 0 Å². The second kappa shape index (κ2) is 5.98. The molecule has 2 aromatic heterocycles. The van der Waals surface area contributed by atoms with Crippen LogP contribution < -0.4 is 10.2 Å². The van der Waals surface area contributed by atoms with Gasteiger partial charge in [-0.05, 0) is 32.1 Å². The molecule has 23 heavy (non-hydrogen) atoms. The van der Waals surface area contributed by atoms with Gasteiger partial charge in [-0.2, -0.15) is 5.10 Å². The van der Waals surface area contributed by atoms with Crippen LogP contribution in [-0.2, 0) is 12.8 Å². The molecule has 0 saturated carbocycles. The van der Waals surface area contributed by atoms with Gasteiger partial charge in [0, 0.05) is 42.8 Å². The van der Waals surface area contributed by atoms with Crippen molar-refractivity contribution < 1.29 is 4.79 Å². The molecule has 1 aliphatic carbocycles. The van der Waals surface area contributed by atoms with Gasteiger partial charge in [0.2, 0.25) is 0 Å². The Morgan fingerprint density at radius 1 is 1.30 bits per heavy atom. The highest BCUT2D eigenvalue weighted by molar-refractivity contribution is 5.94. The van der Waals surface area contributed by atoms with Crippen LogP contribution in [0, 0.1) is 0 Å². The first-order valence-corrected chi connectivity index (χ1v) is 8.19. The van der Waals surface area contributed by atoms with Gasteiger partial charge in [-0.25, -0.2) is 4.98 Å². The largest absolute Gasteiger partial charge is 0.353 e. The van der Waals surface area contributed by atoms with E-state index < -0.39 is 0 Å². The standard InChI is InChI=1S/C16H20N6O/c23-16(15-12-4-1-5-13(12)20-21-15)19-11-3-2-8-22(10-11)14-9-17-6-7-18-14/h6-7,9,11H,1-5,8,10H2,(H,19,23)(H,20,21). The highest BCUT2D eigenvalue weighted by atomic mass is 16.2. The minimum atomic E-state index is -0.0598. The number of piperidine rings is 1. The summed E-state index contributed by atoms with van der Waals surface area (Å²) >= 11 is 0. The Labute approximate surface area is 134 Å². The third-order valence-electron chi connectivity index (χ3n) is 4.65. The summed E-state index contributed by atoms with van der Waals surface area (Å²) in [6, 6.07) is 0.118. The number of H-pyrrole nitrogens is 1. The van der Waals surface area contributed by atoms with Gasteiger partial charge >= 0.3 is 0 Å². The van der Waals surface area contributed by atoms with E-state index >= 15 is 0 Å². The lowest BCUT2D eigenvalue weighted by atomic mass is 10.1. The Morgan fingerprint density at radius 2 is 2.26 bits per heavy atom. The molecule has 1 saturated heterocycles. The summed E-state index contributed by atoms with van der Waals surface area (Å²) in [5.74, 6) is 0.808. The maximum atomic E-state index is 12.5. The van der Waals surface area contributed by atoms with Crippen molar-refractivity contribution in [3.05, 3.63) is 35.5 Å². The molecule has 7 heteroatoms. The number of amides is 1. The number of fused-ring (bicyclic) bond motifs is 1. The van der Waals surface area contributed by atoms with Gasteiger partial charge in [0.15, 0.2) is 5.69 Å². The third-order valence-corrected chi connectivity index (χ3v) is 4.65. The highest BCUT2D eigenvalue weighted by Gasteiger charge is 2.27. The summed E-state index contributed by atoms with van der Waals surface area (Å²) < 4.78 is 0. The molecular weight excluding hydrogens is 292 g/mol. The van der Waals surface area contributed by atoms with E-state index in [9.17, 15) is 4.79 Å². The van der Waals surface area contributed by atoms with E-state index in [0.717, 1.165) is 62.3 Å². The van der Waals surface area contributed by atoms with E-state index in [2.05, 4.69) is 30.4 Å². The zero-order valence-corrected chi connectivity index (χ0v) is 13.0. The molecule has 0 spiro atoms. The van der Waals surface area contributed by atoms with Crippen LogP contribution in [0.2, 0.25) is 0 Å². The quantitative estimate of drug-likeness (QED) is 0.886. The predicted molar refractivity (Wildman–Crippen MR) is 85.3 cm³/mol. The normalized spacial score (nSPS) is 20.3. The Morgan fingerprint density at radius 3 is 3.13 bits per heavy atom. The van der Waals surface area contributed by atoms with Crippen molar-refractivity contribution >= 4 is 11.7 Å². The lowest BCUT2D eigenvalue weighted by molar-refractivity contribution is 0.0927. The smallest absolute Gasteiger partial charge is 0.272 e. The number of anilines is 1. The summed E-state index contributed by atoms with van der Waals surface area (Å²) in [4.78, 5) is 23.2. The fraction of sp³-hybridized carbons (Fsp3) is 0.500. The van der Waals surface area contributed by atoms with Crippen molar-refractivity contribution in [2.24, 2.45) is 0 Å². The van der Waals surface area contributed by atoms with Gasteiger partial charge in [-0.15, -0.1) is 0 Å². The molecule has 2 aliphatic rings. The fourth-order valence-electron chi connectivity index (χ4n) is 3.52. The van der Waals surface area contributed by atoms with E-state index in [1.165, 1.54) is 0 Å². The van der Waals surface area contributed by atoms with E-state index in [1.54, 1.807) is 18.6 Å². The molecule has 1 fully saturated rings. The first kappa shape index (κ1) is 14.2. The number of nitrogens with zero attached hydrogens (tertiary/aromatic N) is 4. The lowest BCUT2D eigenvalue weighted by Gasteiger charge is -2.33. The van der Waals surface area contributed by atoms with Crippen molar-refractivity contribution in [2.75, 3.05) is 18.0 Å². The van der Waals surface area contributed by atoms with Gasteiger partial charge in [0.25, 0.3) is 5.91 Å². The average molecular weight is 312 g/mol. The topological polar surface area (TPSA) is 86.8 Å². The van der Waals surface area contributed by atoms with E-state index in [1.807, 2.05) is 0 Å². The second-order valence-electron chi connectivity index (χ2n) is 6.21. The SMILES string of the molecule is O=C(NC1CCCN(c2cnccn2)C1)c1n[nH]c2c1CCC2. The van der Waals surface area contributed by atoms with Crippen molar-refractivity contribution in [2.45, 2.75) is 38.1 Å². The van der Waals surface area contributed by atoms with Crippen LogP contribution in [0.1, 0.15) is 41.0 Å². The molecule has 1 amide bonds. The number of hydrogen-bond donors (Lipinski definition) is 2. The summed E-state index contributed by atoms with van der Waals surface area (Å²) in [6.07, 6.45) is 10.2. The number of aromatic nitrogens is 4. The van der Waals surface area contributed by atoms with Gasteiger partial charge < -0.3 is 10.2 Å². The fourth-order valence-corrected chi connectivity index (χ4v) is 3.52. The van der Waals surface area contributed by atoms with Crippen LogP contribution >= 0.6 is 0 Å². The van der Waals surface area contributed by atoms with Gasteiger partial charge in [0.05, 0.1) is 6.20 Å². The lowest BCUT2D eigenvalue weighted by Crippen LogP contribution is -2.48. The Kier molecular flexibility index (Phi) is 3.69. The number of rotatable bonds is 3. The van der Waals surface area contributed by atoms with Crippen molar-refractivity contribution in [1.29, 1.82) is 0 Å². The Bertz CT molecular complexity index is 698. The summed E-state index contributed by atoms with van der Waals surface area (Å²) in [5.41, 5.74) is 2.80. The summed E-state index contributed by atoms with van der Waals surface area (Å²) in [7, 11) is 0. The van der Waals surface area contributed by atoms with Crippen LogP contribution in [0.5, 0.6) is 0 Å². The molecule has 120 valence electrons. The maximum Gasteiger partial charge on any atom is 0.272 e. The molecular formula is C16H20N6O. The van der Waals surface area contributed by atoms with Crippen LogP contribution in [0.4, 0.5) is 5.82 Å². The van der Waals surface area contributed by atoms with E-state index in [4.69, 9.17) is 0 Å². The maximum absolute atomic E-state index is 12.5. The number of aromatic amines is 1. The minimum Gasteiger partial charge on any atom is -0.353 e.